The minimum Gasteiger partial charge on any atom is -0.494 e. The van der Waals surface area contributed by atoms with Crippen molar-refractivity contribution in [1.82, 2.24) is 14.3 Å². The van der Waals surface area contributed by atoms with E-state index >= 15 is 0 Å². The molecule has 0 aliphatic carbocycles. The van der Waals surface area contributed by atoms with Gasteiger partial charge in [0.15, 0.2) is 12.9 Å². The first-order chi connectivity index (χ1) is 12.3. The van der Waals surface area contributed by atoms with E-state index in [1.807, 2.05) is 78.7 Å². The monoisotopic (exact) mass is 377 g/mol. The van der Waals surface area contributed by atoms with Gasteiger partial charge in [-0.25, -0.2) is 4.74 Å². The van der Waals surface area contributed by atoms with Crippen LogP contribution in [0.4, 0.5) is 5.69 Å². The topological polar surface area (TPSA) is 56.8 Å². The molecule has 8 heteroatoms. The SMILES string of the molecule is COc1ccccc1N=P(c1ccc(/C=N\N(C)C)o1)(N(C)C)N(C)C. The van der Waals surface area contributed by atoms with Crippen molar-refractivity contribution >= 4 is 24.8 Å². The Morgan fingerprint density at radius 1 is 0.962 bits per heavy atom. The highest BCUT2D eigenvalue weighted by Gasteiger charge is 2.32. The van der Waals surface area contributed by atoms with E-state index in [0.29, 0.717) is 5.76 Å². The largest absolute Gasteiger partial charge is 0.494 e. The van der Waals surface area contributed by atoms with Crippen molar-refractivity contribution < 1.29 is 9.15 Å². The highest BCUT2D eigenvalue weighted by molar-refractivity contribution is 7.69. The number of furan rings is 1. The minimum absolute atomic E-state index is 0.692. The lowest BCUT2D eigenvalue weighted by molar-refractivity contribution is 0.416. The molecule has 1 aromatic heterocycles. The van der Waals surface area contributed by atoms with Crippen molar-refractivity contribution in [2.45, 2.75) is 0 Å². The fourth-order valence-corrected chi connectivity index (χ4v) is 5.52. The Labute approximate surface area is 156 Å². The van der Waals surface area contributed by atoms with E-state index in [4.69, 9.17) is 13.9 Å². The molecule has 0 fully saturated rings. The summed E-state index contributed by atoms with van der Waals surface area (Å²) in [7, 11) is 11.1. The Morgan fingerprint density at radius 2 is 1.62 bits per heavy atom. The third kappa shape index (κ3) is 4.18. The van der Waals surface area contributed by atoms with E-state index in [1.54, 1.807) is 18.3 Å². The average Bonchev–Trinajstić information content (AvgIpc) is 3.06. The number of nitrogens with zero attached hydrogens (tertiary/aromatic N) is 5. The van der Waals surface area contributed by atoms with Crippen LogP contribution in [-0.2, 0) is 0 Å². The quantitative estimate of drug-likeness (QED) is 0.421. The predicted octanol–water partition coefficient (Wildman–Crippen LogP) is 3.30. The number of hydrogen-bond donors (Lipinski definition) is 0. The van der Waals surface area contributed by atoms with Crippen LogP contribution in [0.3, 0.4) is 0 Å². The van der Waals surface area contributed by atoms with Gasteiger partial charge < -0.3 is 14.2 Å². The molecule has 142 valence electrons. The van der Waals surface area contributed by atoms with Crippen LogP contribution in [0.15, 0.2) is 50.7 Å². The molecule has 1 heterocycles. The number of rotatable bonds is 7. The van der Waals surface area contributed by atoms with Crippen molar-refractivity contribution in [3.63, 3.8) is 0 Å². The first-order valence-electron chi connectivity index (χ1n) is 8.24. The fraction of sp³-hybridized carbons (Fsp3) is 0.389. The molecule has 26 heavy (non-hydrogen) atoms. The van der Waals surface area contributed by atoms with Gasteiger partial charge in [-0.3, -0.25) is 9.34 Å². The number of hydrogen-bond acceptors (Lipinski definition) is 5. The minimum atomic E-state index is -2.31. The van der Waals surface area contributed by atoms with Crippen molar-refractivity contribution in [3.8, 4) is 5.75 Å². The molecular weight excluding hydrogens is 349 g/mol. The van der Waals surface area contributed by atoms with E-state index in [0.717, 1.165) is 16.9 Å². The summed E-state index contributed by atoms with van der Waals surface area (Å²) in [6.45, 7) is 0. The molecule has 7 nitrogen and oxygen atoms in total. The number of benzene rings is 1. The second-order valence-corrected chi connectivity index (χ2v) is 9.68. The average molecular weight is 377 g/mol. The summed E-state index contributed by atoms with van der Waals surface area (Å²) in [5, 5.41) is 5.96. The summed E-state index contributed by atoms with van der Waals surface area (Å²) in [6, 6.07) is 11.7. The number of ether oxygens (including phenoxy) is 1. The van der Waals surface area contributed by atoms with E-state index < -0.39 is 7.36 Å². The first kappa shape index (κ1) is 20.2. The van der Waals surface area contributed by atoms with Crippen LogP contribution in [0, 0.1) is 0 Å². The van der Waals surface area contributed by atoms with Gasteiger partial charge in [0.2, 0.25) is 0 Å². The summed E-state index contributed by atoms with van der Waals surface area (Å²) in [4.78, 5) is 0. The Hall–Kier alpha value is -2.08. The van der Waals surface area contributed by atoms with Gasteiger partial charge in [0, 0.05) is 14.1 Å². The molecular formula is C18H28N5O2P. The molecule has 0 spiro atoms. The van der Waals surface area contributed by atoms with Gasteiger partial charge >= 0.3 is 0 Å². The maximum atomic E-state index is 6.12. The first-order valence-corrected chi connectivity index (χ1v) is 9.88. The maximum Gasteiger partial charge on any atom is 0.172 e. The zero-order chi connectivity index (χ0) is 19.3. The molecule has 0 radical (unpaired) electrons. The molecule has 0 unspecified atom stereocenters. The van der Waals surface area contributed by atoms with Crippen LogP contribution >= 0.6 is 7.36 Å². The van der Waals surface area contributed by atoms with Gasteiger partial charge in [0.1, 0.15) is 17.2 Å². The predicted molar refractivity (Wildman–Crippen MR) is 109 cm³/mol. The molecule has 0 amide bonds. The van der Waals surface area contributed by atoms with Crippen LogP contribution in [0.2, 0.25) is 0 Å². The summed E-state index contributed by atoms with van der Waals surface area (Å²) in [5.74, 6) is 1.43. The smallest absolute Gasteiger partial charge is 0.172 e. The molecule has 1 aromatic carbocycles. The molecule has 2 rings (SSSR count). The van der Waals surface area contributed by atoms with E-state index in [1.165, 1.54) is 0 Å². The second kappa shape index (κ2) is 8.54. The van der Waals surface area contributed by atoms with Crippen molar-refractivity contribution in [3.05, 3.63) is 42.2 Å². The highest BCUT2D eigenvalue weighted by atomic mass is 31.2. The molecule has 0 saturated heterocycles. The van der Waals surface area contributed by atoms with Crippen molar-refractivity contribution in [2.75, 3.05) is 49.4 Å². The van der Waals surface area contributed by atoms with Gasteiger partial charge in [0.25, 0.3) is 0 Å². The van der Waals surface area contributed by atoms with Gasteiger partial charge in [0.05, 0.1) is 13.3 Å². The molecule has 0 atom stereocenters. The molecule has 2 aromatic rings. The summed E-state index contributed by atoms with van der Waals surface area (Å²) in [6.07, 6.45) is 1.70. The zero-order valence-corrected chi connectivity index (χ0v) is 17.4. The number of methoxy groups -OCH3 is 1. The molecule has 0 bridgehead atoms. The summed E-state index contributed by atoms with van der Waals surface area (Å²) < 4.78 is 21.0. The molecule has 0 saturated carbocycles. The lowest BCUT2D eigenvalue weighted by Gasteiger charge is -2.34. The van der Waals surface area contributed by atoms with Crippen LogP contribution in [-0.4, -0.2) is 70.0 Å². The van der Waals surface area contributed by atoms with Gasteiger partial charge in [-0.15, -0.1) is 0 Å². The van der Waals surface area contributed by atoms with Crippen molar-refractivity contribution in [2.24, 2.45) is 9.85 Å². The Balaban J connectivity index is 2.65. The van der Waals surface area contributed by atoms with Crippen LogP contribution in [0.1, 0.15) is 5.76 Å². The summed E-state index contributed by atoms with van der Waals surface area (Å²) in [5.41, 5.74) is 1.60. The van der Waals surface area contributed by atoms with Gasteiger partial charge in [-0.2, -0.15) is 5.10 Å². The maximum absolute atomic E-state index is 6.12. The zero-order valence-electron chi connectivity index (χ0n) is 16.5. The lowest BCUT2D eigenvalue weighted by atomic mass is 10.3. The van der Waals surface area contributed by atoms with Crippen LogP contribution < -0.4 is 10.2 Å². The van der Waals surface area contributed by atoms with E-state index in [9.17, 15) is 0 Å². The Kier molecular flexibility index (Phi) is 6.64. The Bertz CT molecular complexity index is 799. The third-order valence-corrected chi connectivity index (χ3v) is 7.33. The van der Waals surface area contributed by atoms with E-state index in [2.05, 4.69) is 14.4 Å². The number of hydrazone groups is 1. The Morgan fingerprint density at radius 3 is 2.19 bits per heavy atom. The van der Waals surface area contributed by atoms with Crippen LogP contribution in [0.25, 0.3) is 0 Å². The van der Waals surface area contributed by atoms with E-state index in [-0.39, 0.29) is 0 Å². The number of para-hydroxylation sites is 1. The molecule has 0 aliphatic rings. The molecule has 0 N–H and O–H groups in total. The summed E-state index contributed by atoms with van der Waals surface area (Å²) >= 11 is 0. The lowest BCUT2D eigenvalue weighted by Crippen LogP contribution is -2.28. The highest BCUT2D eigenvalue weighted by Crippen LogP contribution is 2.55. The third-order valence-electron chi connectivity index (χ3n) is 3.77. The second-order valence-electron chi connectivity index (χ2n) is 6.30. The van der Waals surface area contributed by atoms with Gasteiger partial charge in [-0.1, -0.05) is 12.1 Å². The normalized spacial score (nSPS) is 12.2. The van der Waals surface area contributed by atoms with Crippen LogP contribution in [0.5, 0.6) is 5.75 Å². The fourth-order valence-electron chi connectivity index (χ4n) is 2.59. The molecule has 0 aliphatic heterocycles. The standard InChI is InChI=1S/C18H28N5O2P/c1-21(2)19-14-15-12-13-18(25-15)26(22(3)4,23(5)6)20-16-10-8-9-11-17(16)24-7/h8-14H,1-7H3/b19-14-. The van der Waals surface area contributed by atoms with Gasteiger partial charge in [-0.05, 0) is 52.5 Å². The van der Waals surface area contributed by atoms with Crippen molar-refractivity contribution in [1.29, 1.82) is 0 Å².